The van der Waals surface area contributed by atoms with Crippen molar-refractivity contribution in [3.63, 3.8) is 0 Å². The molecule has 0 saturated carbocycles. The Labute approximate surface area is 141 Å². The number of aryl methyl sites for hydroxylation is 1. The average Bonchev–Trinajstić information content (AvgIpc) is 3.13. The standard InChI is InChI=1S/C16H14F3N5O/c1-23-9-12(8-21-23)24-5-4-14(15(24)25)22-11-2-3-13(16(17,18)19)10(6-11)7-20/h2-3,6,8-9,14,22H,4-5H2,1H3. The summed E-state index contributed by atoms with van der Waals surface area (Å²) in [6, 6.07) is 4.17. The topological polar surface area (TPSA) is 73.9 Å². The fraction of sp³-hybridized carbons (Fsp3) is 0.312. The fourth-order valence-electron chi connectivity index (χ4n) is 2.79. The third kappa shape index (κ3) is 3.28. The molecule has 0 bridgehead atoms. The van der Waals surface area contributed by atoms with Gasteiger partial charge in [-0.05, 0) is 24.6 Å². The molecule has 1 N–H and O–H groups in total. The second-order valence-electron chi connectivity index (χ2n) is 5.72. The monoisotopic (exact) mass is 349 g/mol. The maximum Gasteiger partial charge on any atom is 0.417 e. The summed E-state index contributed by atoms with van der Waals surface area (Å²) >= 11 is 0. The average molecular weight is 349 g/mol. The number of hydrogen-bond acceptors (Lipinski definition) is 4. The molecule has 1 aliphatic rings. The van der Waals surface area contributed by atoms with Gasteiger partial charge in [0.2, 0.25) is 5.91 Å². The molecule has 1 amide bonds. The van der Waals surface area contributed by atoms with Crippen LogP contribution in [0.1, 0.15) is 17.5 Å². The summed E-state index contributed by atoms with van der Waals surface area (Å²) in [6.07, 6.45) is -0.807. The summed E-state index contributed by atoms with van der Waals surface area (Å²) in [5.41, 5.74) is -0.500. The van der Waals surface area contributed by atoms with E-state index in [1.54, 1.807) is 35.1 Å². The number of anilines is 2. The lowest BCUT2D eigenvalue weighted by molar-refractivity contribution is -0.137. The molecule has 1 saturated heterocycles. The number of carbonyl (C=O) groups is 1. The highest BCUT2D eigenvalue weighted by molar-refractivity contribution is 6.00. The van der Waals surface area contributed by atoms with Crippen molar-refractivity contribution in [1.29, 1.82) is 5.26 Å². The Morgan fingerprint density at radius 2 is 2.16 bits per heavy atom. The maximum atomic E-state index is 12.8. The Bertz CT molecular complexity index is 852. The van der Waals surface area contributed by atoms with Gasteiger partial charge in [0.15, 0.2) is 0 Å². The molecule has 1 aliphatic heterocycles. The summed E-state index contributed by atoms with van der Waals surface area (Å²) < 4.78 is 40.1. The van der Waals surface area contributed by atoms with E-state index in [0.29, 0.717) is 24.3 Å². The predicted octanol–water partition coefficient (Wildman–Crippen LogP) is 2.53. The Hall–Kier alpha value is -3.02. The predicted molar refractivity (Wildman–Crippen MR) is 83.7 cm³/mol. The second kappa shape index (κ2) is 6.12. The number of hydrogen-bond donors (Lipinski definition) is 1. The Kier molecular flexibility index (Phi) is 4.12. The first-order valence-electron chi connectivity index (χ1n) is 7.47. The lowest BCUT2D eigenvalue weighted by Gasteiger charge is -2.17. The van der Waals surface area contributed by atoms with Crippen molar-refractivity contribution in [1.82, 2.24) is 9.78 Å². The van der Waals surface area contributed by atoms with Crippen LogP contribution in [0.25, 0.3) is 0 Å². The van der Waals surface area contributed by atoms with E-state index < -0.39 is 23.3 Å². The van der Waals surface area contributed by atoms with Gasteiger partial charge >= 0.3 is 6.18 Å². The van der Waals surface area contributed by atoms with Gasteiger partial charge in [-0.25, -0.2) is 0 Å². The van der Waals surface area contributed by atoms with Crippen molar-refractivity contribution in [2.75, 3.05) is 16.8 Å². The number of carbonyl (C=O) groups excluding carboxylic acids is 1. The van der Waals surface area contributed by atoms with E-state index in [1.807, 2.05) is 0 Å². The molecule has 9 heteroatoms. The first kappa shape index (κ1) is 16.8. The molecule has 25 heavy (non-hydrogen) atoms. The van der Waals surface area contributed by atoms with Crippen molar-refractivity contribution < 1.29 is 18.0 Å². The number of amides is 1. The van der Waals surface area contributed by atoms with E-state index in [2.05, 4.69) is 10.4 Å². The van der Waals surface area contributed by atoms with Crippen LogP contribution in [0.2, 0.25) is 0 Å². The van der Waals surface area contributed by atoms with Crippen LogP contribution in [-0.2, 0) is 18.0 Å². The lowest BCUT2D eigenvalue weighted by Crippen LogP contribution is -2.33. The van der Waals surface area contributed by atoms with E-state index in [1.165, 1.54) is 6.07 Å². The summed E-state index contributed by atoms with van der Waals surface area (Å²) in [7, 11) is 1.74. The minimum atomic E-state index is -4.59. The third-order valence-corrected chi connectivity index (χ3v) is 3.99. The van der Waals surface area contributed by atoms with Gasteiger partial charge in [0, 0.05) is 25.5 Å². The molecule has 2 aromatic rings. The molecule has 130 valence electrons. The van der Waals surface area contributed by atoms with Crippen molar-refractivity contribution in [2.24, 2.45) is 7.05 Å². The highest BCUT2D eigenvalue weighted by atomic mass is 19.4. The van der Waals surface area contributed by atoms with Gasteiger partial charge in [-0.2, -0.15) is 23.5 Å². The molecule has 0 aliphatic carbocycles. The van der Waals surface area contributed by atoms with Crippen LogP contribution in [0.4, 0.5) is 24.5 Å². The van der Waals surface area contributed by atoms with Crippen molar-refractivity contribution >= 4 is 17.3 Å². The Morgan fingerprint density at radius 1 is 1.40 bits per heavy atom. The molecular formula is C16H14F3N5O. The highest BCUT2D eigenvalue weighted by Crippen LogP contribution is 2.33. The minimum Gasteiger partial charge on any atom is -0.374 e. The maximum absolute atomic E-state index is 12.8. The number of halogens is 3. The summed E-state index contributed by atoms with van der Waals surface area (Å²) in [6.45, 7) is 0.480. The molecule has 0 radical (unpaired) electrons. The number of nitriles is 1. The normalized spacial score (nSPS) is 17.6. The molecular weight excluding hydrogens is 335 g/mol. The van der Waals surface area contributed by atoms with Gasteiger partial charge in [-0.3, -0.25) is 9.48 Å². The largest absolute Gasteiger partial charge is 0.417 e. The molecule has 1 fully saturated rings. The van der Waals surface area contributed by atoms with Crippen LogP contribution >= 0.6 is 0 Å². The van der Waals surface area contributed by atoms with Gasteiger partial charge < -0.3 is 10.2 Å². The smallest absolute Gasteiger partial charge is 0.374 e. The molecule has 2 heterocycles. The number of aromatic nitrogens is 2. The number of alkyl halides is 3. The SMILES string of the molecule is Cn1cc(N2CCC(Nc3ccc(C(F)(F)F)c(C#N)c3)C2=O)cn1. The van der Waals surface area contributed by atoms with Gasteiger partial charge in [0.05, 0.1) is 29.1 Å². The van der Waals surface area contributed by atoms with Crippen molar-refractivity contribution in [2.45, 2.75) is 18.6 Å². The summed E-state index contributed by atoms with van der Waals surface area (Å²) in [4.78, 5) is 14.1. The molecule has 1 unspecified atom stereocenters. The molecule has 1 aromatic heterocycles. The number of benzene rings is 1. The Balaban J connectivity index is 1.77. The van der Waals surface area contributed by atoms with Crippen molar-refractivity contribution in [3.05, 3.63) is 41.7 Å². The van der Waals surface area contributed by atoms with E-state index in [4.69, 9.17) is 5.26 Å². The third-order valence-electron chi connectivity index (χ3n) is 3.99. The van der Waals surface area contributed by atoms with Gasteiger partial charge in [0.1, 0.15) is 6.04 Å². The van der Waals surface area contributed by atoms with Crippen molar-refractivity contribution in [3.8, 4) is 6.07 Å². The van der Waals surface area contributed by atoms with Crippen LogP contribution in [0.5, 0.6) is 0 Å². The molecule has 3 rings (SSSR count). The second-order valence-corrected chi connectivity index (χ2v) is 5.72. The zero-order valence-corrected chi connectivity index (χ0v) is 13.2. The minimum absolute atomic E-state index is 0.189. The lowest BCUT2D eigenvalue weighted by atomic mass is 10.1. The van der Waals surface area contributed by atoms with Gasteiger partial charge in [-0.15, -0.1) is 0 Å². The molecule has 6 nitrogen and oxygen atoms in total. The van der Waals surface area contributed by atoms with E-state index in [9.17, 15) is 18.0 Å². The summed E-state index contributed by atoms with van der Waals surface area (Å²) in [5.74, 6) is -0.189. The van der Waals surface area contributed by atoms with Gasteiger partial charge in [-0.1, -0.05) is 0 Å². The number of nitrogens with one attached hydrogen (secondary N) is 1. The van der Waals surface area contributed by atoms with Crippen LogP contribution in [0.3, 0.4) is 0 Å². The van der Waals surface area contributed by atoms with Crippen LogP contribution < -0.4 is 10.2 Å². The zero-order chi connectivity index (χ0) is 18.2. The number of rotatable bonds is 3. The molecule has 0 spiro atoms. The van der Waals surface area contributed by atoms with Crippen LogP contribution in [-0.4, -0.2) is 28.3 Å². The molecule has 1 aromatic carbocycles. The first-order chi connectivity index (χ1) is 11.8. The zero-order valence-electron chi connectivity index (χ0n) is 13.2. The Morgan fingerprint density at radius 3 is 2.76 bits per heavy atom. The highest BCUT2D eigenvalue weighted by Gasteiger charge is 2.35. The number of nitrogens with zero attached hydrogens (tertiary/aromatic N) is 4. The fourth-order valence-corrected chi connectivity index (χ4v) is 2.79. The van der Waals surface area contributed by atoms with Crippen LogP contribution in [0.15, 0.2) is 30.6 Å². The molecule has 1 atom stereocenters. The van der Waals surface area contributed by atoms with Gasteiger partial charge in [0.25, 0.3) is 0 Å². The quantitative estimate of drug-likeness (QED) is 0.924. The first-order valence-corrected chi connectivity index (χ1v) is 7.47. The van der Waals surface area contributed by atoms with E-state index in [0.717, 1.165) is 12.1 Å². The van der Waals surface area contributed by atoms with Crippen LogP contribution in [0, 0.1) is 11.3 Å². The van der Waals surface area contributed by atoms with E-state index >= 15 is 0 Å². The summed E-state index contributed by atoms with van der Waals surface area (Å²) in [5, 5.41) is 15.9. The van der Waals surface area contributed by atoms with E-state index in [-0.39, 0.29) is 5.91 Å².